The minimum Gasteiger partial charge on any atom is -0.331 e. The van der Waals surface area contributed by atoms with E-state index in [1.54, 1.807) is 18.3 Å². The molecule has 1 atom stereocenters. The fourth-order valence-electron chi connectivity index (χ4n) is 4.12. The Bertz CT molecular complexity index is 862. The minimum absolute atomic E-state index is 0.146. The van der Waals surface area contributed by atoms with Crippen molar-refractivity contribution in [1.29, 1.82) is 0 Å². The van der Waals surface area contributed by atoms with Crippen LogP contribution in [0.4, 0.5) is 5.69 Å². The number of carbonyl (C=O) groups is 1. The van der Waals surface area contributed by atoms with E-state index >= 15 is 0 Å². The molecule has 1 saturated carbocycles. The number of thiophene rings is 1. The molecule has 1 unspecified atom stereocenters. The van der Waals surface area contributed by atoms with Gasteiger partial charge < -0.3 is 10.2 Å². The number of nitro groups is 1. The quantitative estimate of drug-likeness (QED) is 0.630. The van der Waals surface area contributed by atoms with Crippen molar-refractivity contribution in [3.8, 4) is 0 Å². The van der Waals surface area contributed by atoms with Gasteiger partial charge in [0.1, 0.15) is 6.20 Å². The summed E-state index contributed by atoms with van der Waals surface area (Å²) in [6.07, 6.45) is 4.35. The van der Waals surface area contributed by atoms with Crippen molar-refractivity contribution in [1.82, 2.24) is 15.2 Å². The van der Waals surface area contributed by atoms with Gasteiger partial charge in [-0.05, 0) is 67.1 Å². The Morgan fingerprint density at radius 1 is 1.48 bits per heavy atom. The molecule has 2 aliphatic rings. The smallest absolute Gasteiger partial charge is 0.288 e. The molecule has 4 rings (SSSR count). The van der Waals surface area contributed by atoms with Crippen LogP contribution in [0.2, 0.25) is 0 Å². The van der Waals surface area contributed by atoms with Gasteiger partial charge in [0, 0.05) is 18.7 Å². The summed E-state index contributed by atoms with van der Waals surface area (Å²) in [5.74, 6) is -0.157. The third kappa shape index (κ3) is 3.46. The molecule has 2 fully saturated rings. The Kier molecular flexibility index (Phi) is 4.69. The normalized spacial score (nSPS) is 20.4. The van der Waals surface area contributed by atoms with Crippen molar-refractivity contribution in [2.45, 2.75) is 38.8 Å². The molecule has 7 nitrogen and oxygen atoms in total. The Labute approximate surface area is 161 Å². The van der Waals surface area contributed by atoms with Gasteiger partial charge in [0.25, 0.3) is 11.6 Å². The summed E-state index contributed by atoms with van der Waals surface area (Å²) in [6, 6.07) is 3.58. The van der Waals surface area contributed by atoms with Crippen LogP contribution in [0, 0.1) is 22.5 Å². The second-order valence-electron chi connectivity index (χ2n) is 7.48. The first kappa shape index (κ1) is 18.1. The second-order valence-corrected chi connectivity index (χ2v) is 8.26. The summed E-state index contributed by atoms with van der Waals surface area (Å²) < 4.78 is 0. The summed E-state index contributed by atoms with van der Waals surface area (Å²) >= 11 is 1.61. The lowest BCUT2D eigenvalue weighted by Crippen LogP contribution is -2.39. The van der Waals surface area contributed by atoms with Crippen molar-refractivity contribution >= 4 is 22.9 Å². The summed E-state index contributed by atoms with van der Waals surface area (Å²) in [6.45, 7) is 4.22. The largest absolute Gasteiger partial charge is 0.331 e. The lowest BCUT2D eigenvalue weighted by atomic mass is 9.93. The molecule has 142 valence electrons. The standard InChI is InChI=1S/C19H22N4O3S/c1-13-16(8-15(10-21-13)23(25)26)18(24)22(11-14-2-7-27-12-14)17-9-19(17)3-5-20-6-4-19/h2,7-8,10,12,17,20H,3-6,9,11H2,1H3. The van der Waals surface area contributed by atoms with Crippen LogP contribution in [-0.4, -0.2) is 39.8 Å². The number of piperidine rings is 1. The van der Waals surface area contributed by atoms with Gasteiger partial charge in [-0.25, -0.2) is 0 Å². The number of pyridine rings is 1. The van der Waals surface area contributed by atoms with Crippen molar-refractivity contribution < 1.29 is 9.72 Å². The topological polar surface area (TPSA) is 88.4 Å². The maximum atomic E-state index is 13.4. The van der Waals surface area contributed by atoms with E-state index in [0.29, 0.717) is 17.8 Å². The van der Waals surface area contributed by atoms with E-state index in [1.165, 1.54) is 12.3 Å². The maximum Gasteiger partial charge on any atom is 0.288 e. The van der Waals surface area contributed by atoms with Crippen molar-refractivity contribution in [2.24, 2.45) is 5.41 Å². The number of rotatable bonds is 5. The number of amides is 1. The third-order valence-electron chi connectivity index (χ3n) is 5.83. The molecule has 1 N–H and O–H groups in total. The Hall–Kier alpha value is -2.32. The predicted molar refractivity (Wildman–Crippen MR) is 103 cm³/mol. The van der Waals surface area contributed by atoms with E-state index in [2.05, 4.69) is 15.7 Å². The molecule has 1 aliphatic heterocycles. The van der Waals surface area contributed by atoms with E-state index in [-0.39, 0.29) is 23.1 Å². The van der Waals surface area contributed by atoms with Crippen LogP contribution >= 0.6 is 11.3 Å². The van der Waals surface area contributed by atoms with Crippen LogP contribution in [-0.2, 0) is 6.54 Å². The molecule has 1 saturated heterocycles. The van der Waals surface area contributed by atoms with Crippen LogP contribution in [0.5, 0.6) is 0 Å². The molecule has 1 spiro atoms. The predicted octanol–water partition coefficient (Wildman–Crippen LogP) is 3.14. The summed E-state index contributed by atoms with van der Waals surface area (Å²) in [7, 11) is 0. The molecule has 27 heavy (non-hydrogen) atoms. The average molecular weight is 386 g/mol. The molecular formula is C19H22N4O3S. The van der Waals surface area contributed by atoms with E-state index in [1.807, 2.05) is 16.3 Å². The van der Waals surface area contributed by atoms with Gasteiger partial charge in [-0.2, -0.15) is 11.3 Å². The van der Waals surface area contributed by atoms with Crippen LogP contribution in [0.15, 0.2) is 29.1 Å². The minimum atomic E-state index is -0.502. The van der Waals surface area contributed by atoms with E-state index < -0.39 is 4.92 Å². The van der Waals surface area contributed by atoms with E-state index in [9.17, 15) is 14.9 Å². The maximum absolute atomic E-state index is 13.4. The zero-order valence-corrected chi connectivity index (χ0v) is 16.0. The lowest BCUT2D eigenvalue weighted by molar-refractivity contribution is -0.385. The highest BCUT2D eigenvalue weighted by Gasteiger charge is 2.57. The Balaban J connectivity index is 1.65. The molecule has 1 amide bonds. The van der Waals surface area contributed by atoms with Crippen LogP contribution in [0.1, 0.15) is 40.9 Å². The molecule has 1 aliphatic carbocycles. The molecule has 0 aromatic carbocycles. The van der Waals surface area contributed by atoms with E-state index in [0.717, 1.165) is 37.9 Å². The fourth-order valence-corrected chi connectivity index (χ4v) is 4.78. The molecular weight excluding hydrogens is 364 g/mol. The summed E-state index contributed by atoms with van der Waals surface area (Å²) in [5, 5.41) is 18.6. The van der Waals surface area contributed by atoms with Crippen LogP contribution < -0.4 is 5.32 Å². The van der Waals surface area contributed by atoms with Gasteiger partial charge in [0.15, 0.2) is 0 Å². The van der Waals surface area contributed by atoms with Gasteiger partial charge >= 0.3 is 0 Å². The van der Waals surface area contributed by atoms with Gasteiger partial charge in [0.05, 0.1) is 16.2 Å². The van der Waals surface area contributed by atoms with E-state index in [4.69, 9.17) is 0 Å². The fraction of sp³-hybridized carbons (Fsp3) is 0.474. The highest BCUT2D eigenvalue weighted by Crippen LogP contribution is 2.56. The number of hydrogen-bond donors (Lipinski definition) is 1. The van der Waals surface area contributed by atoms with Crippen molar-refractivity contribution in [3.05, 3.63) is 56.0 Å². The monoisotopic (exact) mass is 386 g/mol. The van der Waals surface area contributed by atoms with Gasteiger partial charge in [-0.3, -0.25) is 19.9 Å². The first-order valence-electron chi connectivity index (χ1n) is 9.14. The molecule has 3 heterocycles. The van der Waals surface area contributed by atoms with Crippen LogP contribution in [0.25, 0.3) is 0 Å². The summed E-state index contributed by atoms with van der Waals surface area (Å²) in [5.41, 5.74) is 2.00. The number of carbonyl (C=O) groups excluding carboxylic acids is 1. The first-order valence-corrected chi connectivity index (χ1v) is 10.1. The highest BCUT2D eigenvalue weighted by molar-refractivity contribution is 7.07. The van der Waals surface area contributed by atoms with Gasteiger partial charge in [0.2, 0.25) is 0 Å². The number of nitrogens with zero attached hydrogens (tertiary/aromatic N) is 3. The first-order chi connectivity index (χ1) is 13.0. The van der Waals surface area contributed by atoms with Gasteiger partial charge in [-0.15, -0.1) is 0 Å². The van der Waals surface area contributed by atoms with Crippen molar-refractivity contribution in [3.63, 3.8) is 0 Å². The number of hydrogen-bond acceptors (Lipinski definition) is 6. The molecule has 0 radical (unpaired) electrons. The van der Waals surface area contributed by atoms with Crippen molar-refractivity contribution in [2.75, 3.05) is 13.1 Å². The lowest BCUT2D eigenvalue weighted by Gasteiger charge is -2.30. The SMILES string of the molecule is Cc1ncc([N+](=O)[O-])cc1C(=O)N(Cc1ccsc1)C1CC12CCNCC2. The number of nitrogens with one attached hydrogen (secondary N) is 1. The molecule has 2 aromatic heterocycles. The zero-order chi connectivity index (χ0) is 19.0. The van der Waals surface area contributed by atoms with Gasteiger partial charge in [-0.1, -0.05) is 0 Å². The summed E-state index contributed by atoms with van der Waals surface area (Å²) in [4.78, 5) is 30.1. The third-order valence-corrected chi connectivity index (χ3v) is 6.56. The molecule has 2 aromatic rings. The molecule has 0 bridgehead atoms. The highest BCUT2D eigenvalue weighted by atomic mass is 32.1. The molecule has 8 heteroatoms. The second kappa shape index (κ2) is 7.01. The Morgan fingerprint density at radius 2 is 2.26 bits per heavy atom. The number of aryl methyl sites for hydroxylation is 1. The number of aromatic nitrogens is 1. The average Bonchev–Trinajstić information content (AvgIpc) is 3.09. The Morgan fingerprint density at radius 3 is 2.93 bits per heavy atom. The zero-order valence-electron chi connectivity index (χ0n) is 15.2. The van der Waals surface area contributed by atoms with Crippen LogP contribution in [0.3, 0.4) is 0 Å².